The van der Waals surface area contributed by atoms with E-state index in [1.54, 1.807) is 0 Å². The van der Waals surface area contributed by atoms with Crippen LogP contribution in [-0.4, -0.2) is 9.55 Å². The van der Waals surface area contributed by atoms with Crippen molar-refractivity contribution in [1.29, 1.82) is 0 Å². The molecule has 3 nitrogen and oxygen atoms in total. The SMILES string of the molecule is CCn1ccnc1C1(N)CC1. The summed E-state index contributed by atoms with van der Waals surface area (Å²) in [6, 6.07) is 0. The normalized spacial score (nSPS) is 20.2. The van der Waals surface area contributed by atoms with Crippen LogP contribution in [0.1, 0.15) is 25.6 Å². The van der Waals surface area contributed by atoms with Gasteiger partial charge in [0.1, 0.15) is 5.82 Å². The molecule has 2 rings (SSSR count). The lowest BCUT2D eigenvalue weighted by Gasteiger charge is -2.09. The van der Waals surface area contributed by atoms with E-state index >= 15 is 0 Å². The molecule has 0 aliphatic heterocycles. The largest absolute Gasteiger partial charge is 0.334 e. The third kappa shape index (κ3) is 0.959. The van der Waals surface area contributed by atoms with Crippen molar-refractivity contribution >= 4 is 0 Å². The quantitative estimate of drug-likeness (QED) is 0.681. The van der Waals surface area contributed by atoms with E-state index in [4.69, 9.17) is 5.73 Å². The van der Waals surface area contributed by atoms with Gasteiger partial charge in [0.2, 0.25) is 0 Å². The highest BCUT2D eigenvalue weighted by Crippen LogP contribution is 2.41. The molecule has 1 aliphatic carbocycles. The molecule has 3 heteroatoms. The maximum atomic E-state index is 6.01. The van der Waals surface area contributed by atoms with E-state index in [-0.39, 0.29) is 5.54 Å². The predicted molar refractivity (Wildman–Crippen MR) is 43.0 cm³/mol. The first-order chi connectivity index (χ1) is 5.26. The molecule has 60 valence electrons. The van der Waals surface area contributed by atoms with Crippen molar-refractivity contribution in [2.75, 3.05) is 0 Å². The van der Waals surface area contributed by atoms with Crippen LogP contribution in [0.5, 0.6) is 0 Å². The van der Waals surface area contributed by atoms with E-state index in [0.29, 0.717) is 0 Å². The van der Waals surface area contributed by atoms with Crippen molar-refractivity contribution in [2.45, 2.75) is 31.8 Å². The van der Waals surface area contributed by atoms with Crippen LogP contribution in [0.15, 0.2) is 12.4 Å². The van der Waals surface area contributed by atoms with Crippen LogP contribution < -0.4 is 5.73 Å². The smallest absolute Gasteiger partial charge is 0.128 e. The van der Waals surface area contributed by atoms with Crippen LogP contribution in [0, 0.1) is 0 Å². The molecule has 11 heavy (non-hydrogen) atoms. The van der Waals surface area contributed by atoms with E-state index in [1.165, 1.54) is 0 Å². The Labute approximate surface area is 66.2 Å². The highest BCUT2D eigenvalue weighted by Gasteiger charge is 2.43. The first-order valence-corrected chi connectivity index (χ1v) is 4.07. The summed E-state index contributed by atoms with van der Waals surface area (Å²) in [5.74, 6) is 1.06. The van der Waals surface area contributed by atoms with Gasteiger partial charge in [-0.15, -0.1) is 0 Å². The van der Waals surface area contributed by atoms with Crippen molar-refractivity contribution < 1.29 is 0 Å². The second kappa shape index (κ2) is 2.08. The molecule has 0 amide bonds. The molecular weight excluding hydrogens is 138 g/mol. The monoisotopic (exact) mass is 151 g/mol. The Morgan fingerprint density at radius 3 is 3.00 bits per heavy atom. The number of rotatable bonds is 2. The summed E-state index contributed by atoms with van der Waals surface area (Å²) < 4.78 is 2.12. The zero-order valence-electron chi connectivity index (χ0n) is 6.75. The van der Waals surface area contributed by atoms with Crippen molar-refractivity contribution in [2.24, 2.45) is 5.73 Å². The molecule has 0 atom stereocenters. The summed E-state index contributed by atoms with van der Waals surface area (Å²) in [4.78, 5) is 4.26. The molecule has 1 aromatic heterocycles. The van der Waals surface area contributed by atoms with Gasteiger partial charge in [-0.3, -0.25) is 0 Å². The van der Waals surface area contributed by atoms with Gasteiger partial charge in [0.15, 0.2) is 0 Å². The third-order valence-corrected chi connectivity index (χ3v) is 2.29. The first-order valence-electron chi connectivity index (χ1n) is 4.07. The maximum Gasteiger partial charge on any atom is 0.128 e. The fourth-order valence-electron chi connectivity index (χ4n) is 1.36. The van der Waals surface area contributed by atoms with Crippen LogP contribution in [0.4, 0.5) is 0 Å². The molecule has 0 radical (unpaired) electrons. The predicted octanol–water partition coefficient (Wildman–Crippen LogP) is 0.851. The number of hydrogen-bond donors (Lipinski definition) is 1. The summed E-state index contributed by atoms with van der Waals surface area (Å²) >= 11 is 0. The van der Waals surface area contributed by atoms with Gasteiger partial charge in [0.05, 0.1) is 5.54 Å². The van der Waals surface area contributed by atoms with Crippen LogP contribution in [0.25, 0.3) is 0 Å². The molecular formula is C8H13N3. The number of hydrogen-bond acceptors (Lipinski definition) is 2. The fraction of sp³-hybridized carbons (Fsp3) is 0.625. The van der Waals surface area contributed by atoms with E-state index in [1.807, 2.05) is 12.4 Å². The molecule has 1 aliphatic rings. The topological polar surface area (TPSA) is 43.8 Å². The lowest BCUT2D eigenvalue weighted by atomic mass is 10.3. The summed E-state index contributed by atoms with van der Waals surface area (Å²) in [7, 11) is 0. The molecule has 0 aromatic carbocycles. The molecule has 1 heterocycles. The zero-order chi connectivity index (χ0) is 7.90. The van der Waals surface area contributed by atoms with Crippen LogP contribution in [-0.2, 0) is 12.1 Å². The highest BCUT2D eigenvalue weighted by atomic mass is 15.1. The van der Waals surface area contributed by atoms with Crippen molar-refractivity contribution in [3.63, 3.8) is 0 Å². The Morgan fingerprint density at radius 1 is 1.73 bits per heavy atom. The standard InChI is InChI=1S/C8H13N3/c1-2-11-6-5-10-7(11)8(9)3-4-8/h5-6H,2-4,9H2,1H3. The van der Waals surface area contributed by atoms with E-state index < -0.39 is 0 Å². The molecule has 1 fully saturated rings. The number of nitrogens with two attached hydrogens (primary N) is 1. The molecule has 0 unspecified atom stereocenters. The molecule has 2 N–H and O–H groups in total. The summed E-state index contributed by atoms with van der Waals surface area (Å²) in [6.45, 7) is 3.07. The molecule has 1 aromatic rings. The van der Waals surface area contributed by atoms with E-state index in [2.05, 4.69) is 16.5 Å². The van der Waals surface area contributed by atoms with Crippen molar-refractivity contribution in [3.8, 4) is 0 Å². The second-order valence-corrected chi connectivity index (χ2v) is 3.19. The average molecular weight is 151 g/mol. The average Bonchev–Trinajstić information content (AvgIpc) is 2.61. The fourth-order valence-corrected chi connectivity index (χ4v) is 1.36. The van der Waals surface area contributed by atoms with Crippen molar-refractivity contribution in [3.05, 3.63) is 18.2 Å². The number of imidazole rings is 1. The van der Waals surface area contributed by atoms with Gasteiger partial charge >= 0.3 is 0 Å². The minimum absolute atomic E-state index is 0.0838. The van der Waals surface area contributed by atoms with Gasteiger partial charge in [0, 0.05) is 18.9 Å². The molecule has 0 bridgehead atoms. The molecule has 0 saturated heterocycles. The van der Waals surface area contributed by atoms with Gasteiger partial charge in [-0.05, 0) is 19.8 Å². The van der Waals surface area contributed by atoms with Gasteiger partial charge in [0.25, 0.3) is 0 Å². The third-order valence-electron chi connectivity index (χ3n) is 2.29. The maximum absolute atomic E-state index is 6.01. The summed E-state index contributed by atoms with van der Waals surface area (Å²) in [5, 5.41) is 0. The lowest BCUT2D eigenvalue weighted by Crippen LogP contribution is -2.23. The van der Waals surface area contributed by atoms with Gasteiger partial charge < -0.3 is 10.3 Å². The number of aryl methyl sites for hydroxylation is 1. The van der Waals surface area contributed by atoms with Crippen LogP contribution in [0.3, 0.4) is 0 Å². The Morgan fingerprint density at radius 2 is 2.45 bits per heavy atom. The second-order valence-electron chi connectivity index (χ2n) is 3.19. The molecule has 1 saturated carbocycles. The van der Waals surface area contributed by atoms with Gasteiger partial charge in [-0.2, -0.15) is 0 Å². The zero-order valence-corrected chi connectivity index (χ0v) is 6.75. The Hall–Kier alpha value is -0.830. The Balaban J connectivity index is 2.36. The highest BCUT2D eigenvalue weighted by molar-refractivity contribution is 5.16. The first kappa shape index (κ1) is 6.85. The van der Waals surface area contributed by atoms with Crippen LogP contribution >= 0.6 is 0 Å². The molecule has 0 spiro atoms. The summed E-state index contributed by atoms with van der Waals surface area (Å²) in [5.41, 5.74) is 5.92. The Bertz CT molecular complexity index is 260. The van der Waals surface area contributed by atoms with Gasteiger partial charge in [-0.25, -0.2) is 4.98 Å². The minimum Gasteiger partial charge on any atom is -0.334 e. The summed E-state index contributed by atoms with van der Waals surface area (Å²) in [6.07, 6.45) is 5.99. The van der Waals surface area contributed by atoms with Crippen LogP contribution in [0.2, 0.25) is 0 Å². The number of nitrogens with zero attached hydrogens (tertiary/aromatic N) is 2. The Kier molecular flexibility index (Phi) is 1.29. The lowest BCUT2D eigenvalue weighted by molar-refractivity contribution is 0.596. The minimum atomic E-state index is -0.0838. The van der Waals surface area contributed by atoms with E-state index in [0.717, 1.165) is 25.2 Å². The van der Waals surface area contributed by atoms with Crippen molar-refractivity contribution in [1.82, 2.24) is 9.55 Å². The number of aromatic nitrogens is 2. The van der Waals surface area contributed by atoms with E-state index in [9.17, 15) is 0 Å². The van der Waals surface area contributed by atoms with Gasteiger partial charge in [-0.1, -0.05) is 0 Å².